The first-order valence-electron chi connectivity index (χ1n) is 12.9. The van der Waals surface area contributed by atoms with E-state index < -0.39 is 5.91 Å². The van der Waals surface area contributed by atoms with Crippen molar-refractivity contribution in [3.63, 3.8) is 0 Å². The second kappa shape index (κ2) is 12.1. The first-order valence-corrected chi connectivity index (χ1v) is 13.3. The molecule has 41 heavy (non-hydrogen) atoms. The van der Waals surface area contributed by atoms with Gasteiger partial charge in [-0.05, 0) is 47.9 Å². The maximum Gasteiger partial charge on any atom is 0.262 e. The monoisotopic (exact) mass is 567 g/mol. The molecule has 0 unspecified atom stereocenters. The molecule has 1 N–H and O–H groups in total. The van der Waals surface area contributed by atoms with E-state index in [1.807, 2.05) is 44.2 Å². The molecule has 0 aliphatic rings. The molecule has 0 radical (unpaired) electrons. The molecule has 1 aromatic heterocycles. The Morgan fingerprint density at radius 3 is 2.44 bits per heavy atom. The molecule has 5 aromatic rings. The van der Waals surface area contributed by atoms with E-state index in [4.69, 9.17) is 25.5 Å². The highest BCUT2D eigenvalue weighted by atomic mass is 35.5. The highest BCUT2D eigenvalue weighted by Gasteiger charge is 2.17. The van der Waals surface area contributed by atoms with E-state index in [9.17, 15) is 14.4 Å². The fourth-order valence-electron chi connectivity index (χ4n) is 4.31. The van der Waals surface area contributed by atoms with Crippen LogP contribution in [0.4, 0.5) is 5.69 Å². The lowest BCUT2D eigenvalue weighted by atomic mass is 10.0. The van der Waals surface area contributed by atoms with Crippen LogP contribution in [0.15, 0.2) is 106 Å². The van der Waals surface area contributed by atoms with E-state index in [0.717, 1.165) is 5.56 Å². The molecule has 0 spiro atoms. The van der Waals surface area contributed by atoms with Gasteiger partial charge in [0.2, 0.25) is 11.2 Å². The molecule has 0 bridgehead atoms. The first kappa shape index (κ1) is 27.7. The average molecular weight is 568 g/mol. The fraction of sp³-hybridized carbons (Fsp3) is 0.121. The Balaban J connectivity index is 1.29. The van der Waals surface area contributed by atoms with Gasteiger partial charge in [0.1, 0.15) is 23.3 Å². The molecule has 0 aliphatic carbocycles. The van der Waals surface area contributed by atoms with Crippen LogP contribution in [0, 0.1) is 0 Å². The summed E-state index contributed by atoms with van der Waals surface area (Å²) >= 11 is 6.13. The number of rotatable bonds is 9. The molecule has 0 aliphatic heterocycles. The number of ketones is 1. The van der Waals surface area contributed by atoms with Crippen LogP contribution in [0.25, 0.3) is 11.0 Å². The van der Waals surface area contributed by atoms with Gasteiger partial charge in [-0.3, -0.25) is 14.4 Å². The van der Waals surface area contributed by atoms with Gasteiger partial charge in [-0.25, -0.2) is 0 Å². The van der Waals surface area contributed by atoms with Gasteiger partial charge in [0, 0.05) is 22.2 Å². The SMILES string of the molecule is CC(C)c1ccccc1Oc1coc2cc(OCC(=O)Nc3ccc(Cl)cc3C(=O)c3ccccc3)ccc2c1=O. The summed E-state index contributed by atoms with van der Waals surface area (Å²) in [6.45, 7) is 3.75. The number of halogens is 1. The van der Waals surface area contributed by atoms with Gasteiger partial charge >= 0.3 is 0 Å². The van der Waals surface area contributed by atoms with Crippen LogP contribution in [0.3, 0.4) is 0 Å². The molecular weight excluding hydrogens is 542 g/mol. The van der Waals surface area contributed by atoms with Gasteiger partial charge in [0.25, 0.3) is 5.91 Å². The molecule has 5 rings (SSSR count). The highest BCUT2D eigenvalue weighted by Crippen LogP contribution is 2.30. The van der Waals surface area contributed by atoms with Crippen LogP contribution >= 0.6 is 11.6 Å². The number of benzene rings is 4. The van der Waals surface area contributed by atoms with Crippen LogP contribution in [-0.2, 0) is 4.79 Å². The minimum absolute atomic E-state index is 0.0717. The largest absolute Gasteiger partial charge is 0.484 e. The van der Waals surface area contributed by atoms with Crippen molar-refractivity contribution in [2.45, 2.75) is 19.8 Å². The summed E-state index contributed by atoms with van der Waals surface area (Å²) < 4.78 is 17.2. The predicted octanol–water partition coefficient (Wildman–Crippen LogP) is 7.61. The van der Waals surface area contributed by atoms with Gasteiger partial charge in [-0.1, -0.05) is 74.0 Å². The quantitative estimate of drug-likeness (QED) is 0.184. The van der Waals surface area contributed by atoms with Crippen molar-refractivity contribution in [3.8, 4) is 17.2 Å². The topological polar surface area (TPSA) is 94.8 Å². The van der Waals surface area contributed by atoms with Crippen molar-refractivity contribution in [2.75, 3.05) is 11.9 Å². The third-order valence-electron chi connectivity index (χ3n) is 6.38. The number of carbonyl (C=O) groups is 2. The highest BCUT2D eigenvalue weighted by molar-refractivity contribution is 6.31. The van der Waals surface area contributed by atoms with Crippen LogP contribution in [-0.4, -0.2) is 18.3 Å². The van der Waals surface area contributed by atoms with Gasteiger partial charge in [0.15, 0.2) is 12.4 Å². The Morgan fingerprint density at radius 1 is 0.902 bits per heavy atom. The zero-order chi connectivity index (χ0) is 28.9. The van der Waals surface area contributed by atoms with E-state index >= 15 is 0 Å². The molecule has 0 atom stereocenters. The second-order valence-corrected chi connectivity index (χ2v) is 10.0. The summed E-state index contributed by atoms with van der Waals surface area (Å²) in [5.41, 5.74) is 1.98. The van der Waals surface area contributed by atoms with E-state index in [-0.39, 0.29) is 40.6 Å². The molecule has 1 amide bonds. The molecule has 4 aromatic carbocycles. The molecular formula is C33H26ClNO6. The van der Waals surface area contributed by atoms with Crippen molar-refractivity contribution in [1.82, 2.24) is 0 Å². The standard InChI is InChI=1S/C33H26ClNO6/c1-20(2)24-10-6-7-11-28(24)41-30-18-40-29-17-23(13-14-25(29)33(30)38)39-19-31(36)35-27-15-12-22(34)16-26(27)32(37)21-8-4-3-5-9-21/h3-18,20H,19H2,1-2H3,(H,35,36). The van der Waals surface area contributed by atoms with Crippen LogP contribution < -0.4 is 20.2 Å². The van der Waals surface area contributed by atoms with Crippen LogP contribution in [0.2, 0.25) is 5.02 Å². The van der Waals surface area contributed by atoms with E-state index in [1.54, 1.807) is 48.5 Å². The van der Waals surface area contributed by atoms with Gasteiger partial charge in [-0.2, -0.15) is 0 Å². The zero-order valence-corrected chi connectivity index (χ0v) is 23.1. The third kappa shape index (κ3) is 6.31. The predicted molar refractivity (Wildman–Crippen MR) is 159 cm³/mol. The molecule has 0 saturated carbocycles. The number of para-hydroxylation sites is 1. The van der Waals surface area contributed by atoms with Crippen molar-refractivity contribution in [1.29, 1.82) is 0 Å². The summed E-state index contributed by atoms with van der Waals surface area (Å²) in [6, 6.07) is 25.6. The number of carbonyl (C=O) groups excluding carboxylic acids is 2. The maximum absolute atomic E-state index is 13.1. The van der Waals surface area contributed by atoms with Crippen molar-refractivity contribution >= 4 is 39.9 Å². The maximum atomic E-state index is 13.1. The molecule has 8 heteroatoms. The normalized spacial score (nSPS) is 10.9. The van der Waals surface area contributed by atoms with Crippen molar-refractivity contribution in [2.24, 2.45) is 0 Å². The van der Waals surface area contributed by atoms with Crippen LogP contribution in [0.1, 0.15) is 41.3 Å². The minimum atomic E-state index is -0.483. The Labute approximate surface area is 241 Å². The Hall–Kier alpha value is -4.88. The second-order valence-electron chi connectivity index (χ2n) is 9.60. The zero-order valence-electron chi connectivity index (χ0n) is 22.3. The Bertz CT molecular complexity index is 1800. The Morgan fingerprint density at radius 2 is 1.66 bits per heavy atom. The summed E-state index contributed by atoms with van der Waals surface area (Å²) in [4.78, 5) is 38.8. The number of fused-ring (bicyclic) bond motifs is 1. The van der Waals surface area contributed by atoms with Gasteiger partial charge in [-0.15, -0.1) is 0 Å². The third-order valence-corrected chi connectivity index (χ3v) is 6.62. The minimum Gasteiger partial charge on any atom is -0.484 e. The first-order chi connectivity index (χ1) is 19.8. The number of amides is 1. The number of nitrogens with one attached hydrogen (secondary N) is 1. The van der Waals surface area contributed by atoms with Gasteiger partial charge < -0.3 is 19.2 Å². The smallest absolute Gasteiger partial charge is 0.262 e. The molecule has 1 heterocycles. The Kier molecular flexibility index (Phi) is 8.17. The lowest BCUT2D eigenvalue weighted by Gasteiger charge is -2.13. The lowest BCUT2D eigenvalue weighted by Crippen LogP contribution is -2.21. The molecule has 206 valence electrons. The number of hydrogen-bond donors (Lipinski definition) is 1. The molecule has 0 fully saturated rings. The number of ether oxygens (including phenoxy) is 2. The van der Waals surface area contributed by atoms with Crippen LogP contribution in [0.5, 0.6) is 17.2 Å². The van der Waals surface area contributed by atoms with E-state index in [0.29, 0.717) is 33.2 Å². The fourth-order valence-corrected chi connectivity index (χ4v) is 4.49. The summed E-state index contributed by atoms with van der Waals surface area (Å²) in [6.07, 6.45) is 1.27. The lowest BCUT2D eigenvalue weighted by molar-refractivity contribution is -0.118. The van der Waals surface area contributed by atoms with Gasteiger partial charge in [0.05, 0.1) is 11.1 Å². The molecule has 0 saturated heterocycles. The summed E-state index contributed by atoms with van der Waals surface area (Å²) in [5, 5.41) is 3.40. The van der Waals surface area contributed by atoms with Crippen molar-refractivity contribution < 1.29 is 23.5 Å². The average Bonchev–Trinajstić information content (AvgIpc) is 2.98. The summed E-state index contributed by atoms with van der Waals surface area (Å²) in [7, 11) is 0. The number of anilines is 1. The van der Waals surface area contributed by atoms with Crippen molar-refractivity contribution in [3.05, 3.63) is 129 Å². The van der Waals surface area contributed by atoms with E-state index in [1.165, 1.54) is 18.4 Å². The number of hydrogen-bond acceptors (Lipinski definition) is 6. The van der Waals surface area contributed by atoms with E-state index in [2.05, 4.69) is 5.32 Å². The summed E-state index contributed by atoms with van der Waals surface area (Å²) in [5.74, 6) is 0.447. The molecule has 7 nitrogen and oxygen atoms in total.